The van der Waals surface area contributed by atoms with Crippen LogP contribution in [0.1, 0.15) is 44.9 Å². The van der Waals surface area contributed by atoms with Crippen molar-refractivity contribution in [1.82, 2.24) is 14.8 Å². The van der Waals surface area contributed by atoms with Gasteiger partial charge in [0.15, 0.2) is 0 Å². The molecule has 0 spiro atoms. The predicted molar refractivity (Wildman–Crippen MR) is 69.4 cm³/mol. The van der Waals surface area contributed by atoms with Crippen LogP contribution >= 0.6 is 10.7 Å². The SMILES string of the molecule is CC(C)Cn1c(C2CCC(F)(F)C2)nnc1S(=O)(=O)Cl. The van der Waals surface area contributed by atoms with E-state index in [-0.39, 0.29) is 36.2 Å². The minimum Gasteiger partial charge on any atom is -0.300 e. The summed E-state index contributed by atoms with van der Waals surface area (Å²) in [5.41, 5.74) is 0. The van der Waals surface area contributed by atoms with Crippen molar-refractivity contribution in [3.05, 3.63) is 5.82 Å². The second-order valence-electron chi connectivity index (χ2n) is 5.58. The fraction of sp³-hybridized carbons (Fsp3) is 0.818. The Bertz CT molecular complexity index is 601. The fourth-order valence-corrected chi connectivity index (χ4v) is 3.40. The lowest BCUT2D eigenvalue weighted by molar-refractivity contribution is 0.00742. The Morgan fingerprint density at radius 1 is 1.45 bits per heavy atom. The second kappa shape index (κ2) is 5.22. The van der Waals surface area contributed by atoms with Gasteiger partial charge in [0.25, 0.3) is 14.2 Å². The van der Waals surface area contributed by atoms with Gasteiger partial charge in [0.2, 0.25) is 5.92 Å². The van der Waals surface area contributed by atoms with E-state index in [0.29, 0.717) is 6.54 Å². The van der Waals surface area contributed by atoms with E-state index >= 15 is 0 Å². The molecular weight excluding hydrogens is 312 g/mol. The van der Waals surface area contributed by atoms with Gasteiger partial charge in [0.05, 0.1) is 0 Å². The van der Waals surface area contributed by atoms with Crippen molar-refractivity contribution in [2.24, 2.45) is 5.92 Å². The van der Waals surface area contributed by atoms with E-state index in [1.54, 1.807) is 0 Å². The smallest absolute Gasteiger partial charge is 0.296 e. The lowest BCUT2D eigenvalue weighted by Gasteiger charge is -2.15. The Balaban J connectivity index is 2.41. The Kier molecular flexibility index (Phi) is 4.07. The average molecular weight is 328 g/mol. The zero-order valence-electron chi connectivity index (χ0n) is 11.2. The highest BCUT2D eigenvalue weighted by molar-refractivity contribution is 8.13. The van der Waals surface area contributed by atoms with Crippen LogP contribution in [-0.4, -0.2) is 29.1 Å². The number of halogens is 3. The van der Waals surface area contributed by atoms with Crippen molar-refractivity contribution >= 4 is 19.7 Å². The topological polar surface area (TPSA) is 64.8 Å². The standard InChI is InChI=1S/C11H16ClF2N3O2S/c1-7(2)6-17-9(8-3-4-11(13,14)5-8)15-16-10(17)20(12,18)19/h7-8H,3-6H2,1-2H3. The van der Waals surface area contributed by atoms with Gasteiger partial charge in [-0.1, -0.05) is 13.8 Å². The van der Waals surface area contributed by atoms with E-state index < -0.39 is 20.9 Å². The monoisotopic (exact) mass is 327 g/mol. The molecule has 1 saturated carbocycles. The number of hydrogen-bond acceptors (Lipinski definition) is 4. The number of alkyl halides is 2. The van der Waals surface area contributed by atoms with Crippen molar-refractivity contribution in [2.75, 3.05) is 0 Å². The normalized spacial score (nSPS) is 22.6. The molecular formula is C11H16ClF2N3O2S. The highest BCUT2D eigenvalue weighted by atomic mass is 35.7. The van der Waals surface area contributed by atoms with Gasteiger partial charge in [-0.2, -0.15) is 0 Å². The third-order valence-electron chi connectivity index (χ3n) is 3.28. The molecule has 0 amide bonds. The molecule has 0 aliphatic heterocycles. The molecule has 0 N–H and O–H groups in total. The third kappa shape index (κ3) is 3.28. The molecule has 1 fully saturated rings. The van der Waals surface area contributed by atoms with Crippen LogP contribution in [0, 0.1) is 5.92 Å². The molecule has 1 atom stereocenters. The Hall–Kier alpha value is -0.760. The molecule has 9 heteroatoms. The molecule has 1 aromatic rings. The fourth-order valence-electron chi connectivity index (χ4n) is 2.49. The van der Waals surface area contributed by atoms with Crippen molar-refractivity contribution in [2.45, 2.75) is 56.7 Å². The minimum absolute atomic E-state index is 0.115. The summed E-state index contributed by atoms with van der Waals surface area (Å²) in [4.78, 5) is 0. The molecule has 2 rings (SSSR count). The van der Waals surface area contributed by atoms with Gasteiger partial charge in [-0.25, -0.2) is 17.2 Å². The van der Waals surface area contributed by atoms with E-state index in [4.69, 9.17) is 10.7 Å². The van der Waals surface area contributed by atoms with Crippen LogP contribution in [0.4, 0.5) is 8.78 Å². The Labute approximate surface area is 120 Å². The zero-order valence-corrected chi connectivity index (χ0v) is 12.8. The van der Waals surface area contributed by atoms with Gasteiger partial charge in [-0.3, -0.25) is 0 Å². The zero-order chi connectivity index (χ0) is 15.1. The van der Waals surface area contributed by atoms with Crippen molar-refractivity contribution in [1.29, 1.82) is 0 Å². The first-order valence-corrected chi connectivity index (χ1v) is 8.66. The maximum Gasteiger partial charge on any atom is 0.296 e. The van der Waals surface area contributed by atoms with Crippen LogP contribution < -0.4 is 0 Å². The van der Waals surface area contributed by atoms with E-state index in [9.17, 15) is 17.2 Å². The van der Waals surface area contributed by atoms with Crippen LogP contribution in [0.25, 0.3) is 0 Å². The van der Waals surface area contributed by atoms with Gasteiger partial charge < -0.3 is 4.57 Å². The molecule has 5 nitrogen and oxygen atoms in total. The lowest BCUT2D eigenvalue weighted by Crippen LogP contribution is -2.16. The largest absolute Gasteiger partial charge is 0.300 e. The highest BCUT2D eigenvalue weighted by Gasteiger charge is 2.42. The Morgan fingerprint density at radius 2 is 2.10 bits per heavy atom. The summed E-state index contributed by atoms with van der Waals surface area (Å²) >= 11 is 0. The molecule has 114 valence electrons. The molecule has 1 unspecified atom stereocenters. The van der Waals surface area contributed by atoms with Crippen LogP contribution in [0.5, 0.6) is 0 Å². The van der Waals surface area contributed by atoms with Crippen molar-refractivity contribution in [3.8, 4) is 0 Å². The number of aromatic nitrogens is 3. The molecule has 1 aliphatic rings. The first kappa shape index (κ1) is 15.6. The molecule has 1 aliphatic carbocycles. The van der Waals surface area contributed by atoms with E-state index in [1.807, 2.05) is 13.8 Å². The highest BCUT2D eigenvalue weighted by Crippen LogP contribution is 2.44. The van der Waals surface area contributed by atoms with Crippen LogP contribution in [0.3, 0.4) is 0 Å². The summed E-state index contributed by atoms with van der Waals surface area (Å²) in [7, 11) is 1.28. The molecule has 20 heavy (non-hydrogen) atoms. The summed E-state index contributed by atoms with van der Waals surface area (Å²) < 4.78 is 51.0. The summed E-state index contributed by atoms with van der Waals surface area (Å²) in [5, 5.41) is 7.02. The summed E-state index contributed by atoms with van der Waals surface area (Å²) in [6, 6.07) is 0. The minimum atomic E-state index is -4.04. The molecule has 0 aromatic carbocycles. The molecule has 1 aromatic heterocycles. The molecule has 0 bridgehead atoms. The van der Waals surface area contributed by atoms with Gasteiger partial charge in [0.1, 0.15) is 5.82 Å². The van der Waals surface area contributed by atoms with Gasteiger partial charge in [-0.05, 0) is 12.3 Å². The average Bonchev–Trinajstić information content (AvgIpc) is 2.80. The maximum absolute atomic E-state index is 13.3. The number of hydrogen-bond donors (Lipinski definition) is 0. The Morgan fingerprint density at radius 3 is 2.55 bits per heavy atom. The number of rotatable bonds is 4. The van der Waals surface area contributed by atoms with E-state index in [2.05, 4.69) is 10.2 Å². The quantitative estimate of drug-likeness (QED) is 0.798. The molecule has 1 heterocycles. The first-order valence-electron chi connectivity index (χ1n) is 6.36. The van der Waals surface area contributed by atoms with Crippen LogP contribution in [-0.2, 0) is 15.6 Å². The summed E-state index contributed by atoms with van der Waals surface area (Å²) in [6.07, 6.45) is -0.272. The van der Waals surface area contributed by atoms with Crippen molar-refractivity contribution < 1.29 is 17.2 Å². The van der Waals surface area contributed by atoms with Crippen LogP contribution in [0.2, 0.25) is 0 Å². The molecule has 0 radical (unpaired) electrons. The predicted octanol–water partition coefficient (Wildman–Crippen LogP) is 2.76. The first-order chi connectivity index (χ1) is 9.10. The van der Waals surface area contributed by atoms with Crippen molar-refractivity contribution in [3.63, 3.8) is 0 Å². The van der Waals surface area contributed by atoms with Crippen LogP contribution in [0.15, 0.2) is 5.16 Å². The second-order valence-corrected chi connectivity index (χ2v) is 8.04. The van der Waals surface area contributed by atoms with E-state index in [0.717, 1.165) is 0 Å². The third-order valence-corrected chi connectivity index (χ3v) is 4.43. The number of nitrogens with zero attached hydrogens (tertiary/aromatic N) is 3. The summed E-state index contributed by atoms with van der Waals surface area (Å²) in [5.74, 6) is -2.80. The van der Waals surface area contributed by atoms with Gasteiger partial charge >= 0.3 is 0 Å². The molecule has 0 saturated heterocycles. The van der Waals surface area contributed by atoms with Gasteiger partial charge in [-0.15, -0.1) is 10.2 Å². The summed E-state index contributed by atoms with van der Waals surface area (Å²) in [6.45, 7) is 4.10. The lowest BCUT2D eigenvalue weighted by atomic mass is 10.1. The maximum atomic E-state index is 13.3. The van der Waals surface area contributed by atoms with Gasteiger partial charge in [0, 0.05) is 36.0 Å². The van der Waals surface area contributed by atoms with E-state index in [1.165, 1.54) is 4.57 Å².